The summed E-state index contributed by atoms with van der Waals surface area (Å²) >= 11 is 0. The molecule has 2 heteroatoms. The molecular weight excluding hydrogens is 164 g/mol. The Morgan fingerprint density at radius 2 is 1.62 bits per heavy atom. The number of hydrogen-bond acceptors (Lipinski definition) is 2. The Labute approximate surface area is 81.6 Å². The molecule has 1 N–H and O–H groups in total. The van der Waals surface area contributed by atoms with E-state index in [-0.39, 0.29) is 5.95 Å². The normalized spacial score (nSPS) is 9.92. The van der Waals surface area contributed by atoms with Gasteiger partial charge in [0.2, 0.25) is 0 Å². The predicted octanol–water partition coefficient (Wildman–Crippen LogP) is 3.78. The molecule has 0 amide bonds. The van der Waals surface area contributed by atoms with Crippen molar-refractivity contribution in [1.29, 1.82) is 0 Å². The van der Waals surface area contributed by atoms with Crippen LogP contribution in [0.25, 0.3) is 0 Å². The average molecular weight is 186 g/mol. The van der Waals surface area contributed by atoms with Gasteiger partial charge in [0.1, 0.15) is 0 Å². The molecule has 0 fully saturated rings. The molecule has 0 saturated carbocycles. The lowest BCUT2D eigenvalue weighted by Crippen LogP contribution is -1.92. The van der Waals surface area contributed by atoms with Crippen molar-refractivity contribution in [3.8, 4) is 0 Å². The van der Waals surface area contributed by atoms with Crippen LogP contribution in [0, 0.1) is 0 Å². The molecule has 0 aliphatic heterocycles. The highest BCUT2D eigenvalue weighted by atomic mass is 16.6. The molecule has 0 aromatic heterocycles. The van der Waals surface area contributed by atoms with Gasteiger partial charge in [-0.3, -0.25) is 0 Å². The highest BCUT2D eigenvalue weighted by Crippen LogP contribution is 2.07. The second-order valence-corrected chi connectivity index (χ2v) is 3.36. The Kier molecular flexibility index (Phi) is 8.95. The number of aliphatic hydroxyl groups is 1. The summed E-state index contributed by atoms with van der Waals surface area (Å²) in [4.78, 5) is 0. The summed E-state index contributed by atoms with van der Waals surface area (Å²) in [5.74, 6) is -0.161. The molecule has 0 spiro atoms. The molecule has 0 rings (SSSR count). The second-order valence-electron chi connectivity index (χ2n) is 3.36. The van der Waals surface area contributed by atoms with Crippen LogP contribution in [0.5, 0.6) is 0 Å². The monoisotopic (exact) mass is 186 g/mol. The zero-order valence-corrected chi connectivity index (χ0v) is 8.72. The Balaban J connectivity index is 2.87. The van der Waals surface area contributed by atoms with Crippen LogP contribution in [0.2, 0.25) is 0 Å². The van der Waals surface area contributed by atoms with E-state index in [4.69, 9.17) is 9.84 Å². The minimum absolute atomic E-state index is 0.161. The van der Waals surface area contributed by atoms with Gasteiger partial charge in [0, 0.05) is 0 Å². The van der Waals surface area contributed by atoms with Gasteiger partial charge in [-0.25, -0.2) is 0 Å². The van der Waals surface area contributed by atoms with Crippen LogP contribution in [0.4, 0.5) is 0 Å². The molecule has 0 aliphatic rings. The second kappa shape index (κ2) is 9.43. The molecule has 78 valence electrons. The molecule has 13 heavy (non-hydrogen) atoms. The van der Waals surface area contributed by atoms with Crippen LogP contribution in [-0.2, 0) is 4.74 Å². The zero-order valence-electron chi connectivity index (χ0n) is 8.72. The maximum absolute atomic E-state index is 8.61. The number of hydrogen-bond donors (Lipinski definition) is 1. The fourth-order valence-corrected chi connectivity index (χ4v) is 1.25. The summed E-state index contributed by atoms with van der Waals surface area (Å²) in [6, 6.07) is 0. The largest absolute Gasteiger partial charge is 0.481 e. The maximum atomic E-state index is 8.61. The van der Waals surface area contributed by atoms with E-state index in [0.717, 1.165) is 6.42 Å². The van der Waals surface area contributed by atoms with Crippen LogP contribution >= 0.6 is 0 Å². The lowest BCUT2D eigenvalue weighted by Gasteiger charge is -2.03. The van der Waals surface area contributed by atoms with E-state index in [1.54, 1.807) is 0 Å². The fraction of sp³-hybridized carbons (Fsp3) is 0.818. The summed E-state index contributed by atoms with van der Waals surface area (Å²) in [5.41, 5.74) is 0. The standard InChI is InChI=1S/C11H22O2/c1-3-4-5-6-7-8-9-10-13-11(2)12/h12H,2-10H2,1H3. The van der Waals surface area contributed by atoms with Crippen molar-refractivity contribution in [3.05, 3.63) is 12.5 Å². The van der Waals surface area contributed by atoms with Crippen molar-refractivity contribution >= 4 is 0 Å². The molecule has 0 heterocycles. The third-order valence-electron chi connectivity index (χ3n) is 2.02. The van der Waals surface area contributed by atoms with Gasteiger partial charge in [-0.15, -0.1) is 0 Å². The highest BCUT2D eigenvalue weighted by Gasteiger charge is 1.92. The number of rotatable bonds is 9. The Morgan fingerprint density at radius 1 is 1.08 bits per heavy atom. The van der Waals surface area contributed by atoms with Gasteiger partial charge in [-0.2, -0.15) is 0 Å². The molecule has 0 saturated heterocycles. The van der Waals surface area contributed by atoms with Gasteiger partial charge < -0.3 is 9.84 Å². The van der Waals surface area contributed by atoms with Crippen LogP contribution in [0.15, 0.2) is 12.5 Å². The van der Waals surface area contributed by atoms with E-state index in [1.165, 1.54) is 38.5 Å². The molecule has 0 aromatic rings. The first-order chi connectivity index (χ1) is 6.27. The fourth-order valence-electron chi connectivity index (χ4n) is 1.25. The molecule has 2 nitrogen and oxygen atoms in total. The van der Waals surface area contributed by atoms with Crippen molar-refractivity contribution in [2.75, 3.05) is 6.61 Å². The van der Waals surface area contributed by atoms with E-state index < -0.39 is 0 Å². The van der Waals surface area contributed by atoms with Gasteiger partial charge >= 0.3 is 0 Å². The van der Waals surface area contributed by atoms with Gasteiger partial charge in [0.25, 0.3) is 5.95 Å². The summed E-state index contributed by atoms with van der Waals surface area (Å²) in [6.45, 7) is 6.07. The first kappa shape index (κ1) is 12.3. The maximum Gasteiger partial charge on any atom is 0.268 e. The molecule has 0 atom stereocenters. The third kappa shape index (κ3) is 11.3. The quantitative estimate of drug-likeness (QED) is 0.438. The van der Waals surface area contributed by atoms with E-state index in [9.17, 15) is 0 Å². The SMILES string of the molecule is C=C(O)OCCCCCCCCC. The van der Waals surface area contributed by atoms with Crippen LogP contribution in [0.3, 0.4) is 0 Å². The first-order valence-electron chi connectivity index (χ1n) is 5.28. The summed E-state index contributed by atoms with van der Waals surface area (Å²) in [5, 5.41) is 8.61. The molecule has 0 aliphatic carbocycles. The van der Waals surface area contributed by atoms with Crippen molar-refractivity contribution in [2.24, 2.45) is 0 Å². The van der Waals surface area contributed by atoms with Crippen molar-refractivity contribution < 1.29 is 9.84 Å². The molecule has 0 radical (unpaired) electrons. The third-order valence-corrected chi connectivity index (χ3v) is 2.02. The summed E-state index contributed by atoms with van der Waals surface area (Å²) in [6.07, 6.45) is 8.82. The van der Waals surface area contributed by atoms with Gasteiger partial charge in [0.15, 0.2) is 0 Å². The molecule has 0 aromatic carbocycles. The number of aliphatic hydroxyl groups excluding tert-OH is 1. The molecule has 0 bridgehead atoms. The van der Waals surface area contributed by atoms with Crippen LogP contribution in [-0.4, -0.2) is 11.7 Å². The topological polar surface area (TPSA) is 29.5 Å². The van der Waals surface area contributed by atoms with Crippen LogP contribution < -0.4 is 0 Å². The van der Waals surface area contributed by atoms with Gasteiger partial charge in [-0.1, -0.05) is 45.4 Å². The number of ether oxygens (including phenoxy) is 1. The van der Waals surface area contributed by atoms with Crippen LogP contribution in [0.1, 0.15) is 51.9 Å². The molecular formula is C11H22O2. The van der Waals surface area contributed by atoms with E-state index in [0.29, 0.717) is 6.61 Å². The van der Waals surface area contributed by atoms with Crippen molar-refractivity contribution in [2.45, 2.75) is 51.9 Å². The lowest BCUT2D eigenvalue weighted by atomic mass is 10.1. The minimum atomic E-state index is -0.161. The van der Waals surface area contributed by atoms with E-state index in [1.807, 2.05) is 0 Å². The van der Waals surface area contributed by atoms with Gasteiger partial charge in [-0.05, 0) is 13.0 Å². The average Bonchev–Trinajstić information content (AvgIpc) is 2.09. The number of unbranched alkanes of at least 4 members (excludes halogenated alkanes) is 6. The zero-order chi connectivity index (χ0) is 9.94. The highest BCUT2D eigenvalue weighted by molar-refractivity contribution is 4.61. The minimum Gasteiger partial charge on any atom is -0.481 e. The van der Waals surface area contributed by atoms with Crippen molar-refractivity contribution in [3.63, 3.8) is 0 Å². The Morgan fingerprint density at radius 3 is 2.15 bits per heavy atom. The van der Waals surface area contributed by atoms with E-state index in [2.05, 4.69) is 13.5 Å². The Bertz CT molecular complexity index is 121. The smallest absolute Gasteiger partial charge is 0.268 e. The van der Waals surface area contributed by atoms with E-state index >= 15 is 0 Å². The Hall–Kier alpha value is -0.660. The lowest BCUT2D eigenvalue weighted by molar-refractivity contribution is 0.0926. The summed E-state index contributed by atoms with van der Waals surface area (Å²) in [7, 11) is 0. The summed E-state index contributed by atoms with van der Waals surface area (Å²) < 4.78 is 4.83. The molecule has 0 unspecified atom stereocenters. The van der Waals surface area contributed by atoms with Gasteiger partial charge in [0.05, 0.1) is 6.61 Å². The van der Waals surface area contributed by atoms with Crippen molar-refractivity contribution in [1.82, 2.24) is 0 Å². The predicted molar refractivity (Wildman–Crippen MR) is 55.7 cm³/mol. The first-order valence-corrected chi connectivity index (χ1v) is 5.28.